The molecule has 10 heteroatoms. The summed E-state index contributed by atoms with van der Waals surface area (Å²) in [7, 11) is 0. The molecule has 3 aromatic rings. The van der Waals surface area contributed by atoms with Crippen molar-refractivity contribution in [3.63, 3.8) is 0 Å². The quantitative estimate of drug-likeness (QED) is 0.340. The molecule has 1 N–H and O–H groups in total. The van der Waals surface area contributed by atoms with Crippen molar-refractivity contribution in [3.05, 3.63) is 93.8 Å². The van der Waals surface area contributed by atoms with E-state index in [9.17, 15) is 23.3 Å². The maximum absolute atomic E-state index is 13.0. The first-order valence-electron chi connectivity index (χ1n) is 9.38. The Labute approximate surface area is 181 Å². The molecule has 31 heavy (non-hydrogen) atoms. The monoisotopic (exact) mass is 446 g/mol. The fourth-order valence-corrected chi connectivity index (χ4v) is 4.04. The molecule has 6 nitrogen and oxygen atoms in total. The van der Waals surface area contributed by atoms with Crippen LogP contribution in [0.4, 0.5) is 24.5 Å². The zero-order chi connectivity index (χ0) is 22.2. The summed E-state index contributed by atoms with van der Waals surface area (Å²) >= 11 is 5.55. The minimum Gasteiger partial charge on any atom is -0.348 e. The van der Waals surface area contributed by atoms with Gasteiger partial charge in [-0.1, -0.05) is 18.2 Å². The molecule has 0 saturated heterocycles. The van der Waals surface area contributed by atoms with E-state index in [-0.39, 0.29) is 16.5 Å². The fraction of sp³-hybridized carbons (Fsp3) is 0.190. The van der Waals surface area contributed by atoms with Crippen molar-refractivity contribution in [2.75, 3.05) is 11.9 Å². The van der Waals surface area contributed by atoms with Crippen molar-refractivity contribution in [2.45, 2.75) is 18.8 Å². The molecule has 0 spiro atoms. The summed E-state index contributed by atoms with van der Waals surface area (Å²) in [6.45, 7) is 1.11. The summed E-state index contributed by atoms with van der Waals surface area (Å²) in [4.78, 5) is 12.6. The Bertz CT molecular complexity index is 1150. The van der Waals surface area contributed by atoms with Crippen LogP contribution in [0.2, 0.25) is 0 Å². The number of nitrogens with zero attached hydrogens (tertiary/aromatic N) is 3. The lowest BCUT2D eigenvalue weighted by Crippen LogP contribution is -2.44. The number of non-ortho nitro benzene ring substituents is 1. The van der Waals surface area contributed by atoms with E-state index in [4.69, 9.17) is 12.2 Å². The van der Waals surface area contributed by atoms with Crippen molar-refractivity contribution in [3.8, 4) is 0 Å². The number of thiocarbonyl (C=S) groups is 1. The largest absolute Gasteiger partial charge is 0.416 e. The summed E-state index contributed by atoms with van der Waals surface area (Å²) < 4.78 is 41.2. The van der Waals surface area contributed by atoms with E-state index in [1.807, 2.05) is 27.8 Å². The minimum atomic E-state index is -4.46. The summed E-state index contributed by atoms with van der Waals surface area (Å²) in [6, 6.07) is 14.5. The van der Waals surface area contributed by atoms with Crippen LogP contribution >= 0.6 is 12.2 Å². The number of anilines is 1. The predicted octanol–water partition coefficient (Wildman–Crippen LogP) is 5.22. The molecule has 2 heterocycles. The number of aromatic nitrogens is 1. The second-order valence-electron chi connectivity index (χ2n) is 7.08. The van der Waals surface area contributed by atoms with E-state index in [1.165, 1.54) is 24.3 Å². The molecular weight excluding hydrogens is 429 g/mol. The Balaban J connectivity index is 1.67. The Morgan fingerprint density at radius 3 is 2.61 bits per heavy atom. The first-order chi connectivity index (χ1) is 14.7. The van der Waals surface area contributed by atoms with Crippen LogP contribution in [0.25, 0.3) is 0 Å². The number of nitro groups is 1. The van der Waals surface area contributed by atoms with Crippen LogP contribution in [-0.2, 0) is 12.7 Å². The van der Waals surface area contributed by atoms with Gasteiger partial charge < -0.3 is 14.8 Å². The lowest BCUT2D eigenvalue weighted by molar-refractivity contribution is -0.384. The average Bonchev–Trinajstić information content (AvgIpc) is 3.21. The molecule has 160 valence electrons. The lowest BCUT2D eigenvalue weighted by Gasteiger charge is -2.39. The number of nitrogens with one attached hydrogen (secondary N) is 1. The normalized spacial score (nSPS) is 16.0. The van der Waals surface area contributed by atoms with Gasteiger partial charge in [-0.25, -0.2) is 0 Å². The second-order valence-corrected chi connectivity index (χ2v) is 7.47. The first kappa shape index (κ1) is 20.9. The van der Waals surface area contributed by atoms with Crippen LogP contribution in [-0.4, -0.2) is 26.0 Å². The van der Waals surface area contributed by atoms with Gasteiger partial charge in [0.2, 0.25) is 0 Å². The van der Waals surface area contributed by atoms with Gasteiger partial charge in [-0.05, 0) is 48.1 Å². The van der Waals surface area contributed by atoms with Crippen LogP contribution in [0.3, 0.4) is 0 Å². The van der Waals surface area contributed by atoms with Gasteiger partial charge in [-0.15, -0.1) is 0 Å². The number of benzene rings is 2. The van der Waals surface area contributed by atoms with Crippen molar-refractivity contribution in [1.82, 2.24) is 9.47 Å². The molecule has 1 atom stereocenters. The highest BCUT2D eigenvalue weighted by atomic mass is 32.1. The number of hydrogen-bond acceptors (Lipinski definition) is 3. The van der Waals surface area contributed by atoms with Crippen molar-refractivity contribution < 1.29 is 18.1 Å². The molecule has 1 aliphatic heterocycles. The summed E-state index contributed by atoms with van der Waals surface area (Å²) in [5.74, 6) is 0. The molecule has 1 aliphatic rings. The van der Waals surface area contributed by atoms with E-state index in [0.717, 1.165) is 17.8 Å². The van der Waals surface area contributed by atoms with E-state index >= 15 is 0 Å². The van der Waals surface area contributed by atoms with Crippen LogP contribution in [0, 0.1) is 10.1 Å². The summed E-state index contributed by atoms with van der Waals surface area (Å²) in [6.07, 6.45) is -2.54. The maximum Gasteiger partial charge on any atom is 0.416 e. The summed E-state index contributed by atoms with van der Waals surface area (Å²) in [5.41, 5.74) is 0.960. The molecule has 0 amide bonds. The van der Waals surface area contributed by atoms with Gasteiger partial charge in [-0.2, -0.15) is 13.2 Å². The zero-order valence-electron chi connectivity index (χ0n) is 16.0. The highest BCUT2D eigenvalue weighted by Crippen LogP contribution is 2.35. The minimum absolute atomic E-state index is 0.0436. The van der Waals surface area contributed by atoms with E-state index in [2.05, 4.69) is 5.32 Å². The number of halogens is 3. The zero-order valence-corrected chi connectivity index (χ0v) is 16.9. The van der Waals surface area contributed by atoms with E-state index in [1.54, 1.807) is 12.1 Å². The molecule has 1 unspecified atom stereocenters. The van der Waals surface area contributed by atoms with E-state index < -0.39 is 22.7 Å². The van der Waals surface area contributed by atoms with Crippen LogP contribution in [0.15, 0.2) is 66.9 Å². The van der Waals surface area contributed by atoms with Gasteiger partial charge in [0.05, 0.1) is 16.5 Å². The lowest BCUT2D eigenvalue weighted by atomic mass is 10.00. The Morgan fingerprint density at radius 2 is 1.87 bits per heavy atom. The average molecular weight is 446 g/mol. The Hall–Kier alpha value is -3.40. The van der Waals surface area contributed by atoms with Crippen LogP contribution in [0.5, 0.6) is 0 Å². The first-order valence-corrected chi connectivity index (χ1v) is 9.79. The smallest absolute Gasteiger partial charge is 0.348 e. The number of alkyl halides is 3. The second kappa shape index (κ2) is 8.03. The Kier molecular flexibility index (Phi) is 5.40. The van der Waals surface area contributed by atoms with Crippen molar-refractivity contribution >= 4 is 28.7 Å². The molecule has 1 aromatic heterocycles. The topological polar surface area (TPSA) is 63.3 Å². The molecule has 2 aromatic carbocycles. The maximum atomic E-state index is 13.0. The number of nitro benzene ring substituents is 1. The van der Waals surface area contributed by atoms with Gasteiger partial charge in [0.1, 0.15) is 0 Å². The molecule has 0 aliphatic carbocycles. The number of hydrogen-bond donors (Lipinski definition) is 1. The molecule has 0 bridgehead atoms. The van der Waals surface area contributed by atoms with Gasteiger partial charge in [-0.3, -0.25) is 10.1 Å². The van der Waals surface area contributed by atoms with Gasteiger partial charge in [0.15, 0.2) is 5.11 Å². The molecular formula is C21H17F3N4O2S. The summed E-state index contributed by atoms with van der Waals surface area (Å²) in [5, 5.41) is 14.4. The standard InChI is InChI=1S/C21H17F3N4O2S/c22-21(23,24)15-5-2-6-16(13-15)25-20(31)27-11-10-26-9-3-8-18(26)19(27)14-4-1-7-17(12-14)28(29)30/h1-9,12-13,19H,10-11H2,(H,25,31). The van der Waals surface area contributed by atoms with Crippen LogP contribution < -0.4 is 5.32 Å². The third-order valence-electron chi connectivity index (χ3n) is 5.14. The van der Waals surface area contributed by atoms with Gasteiger partial charge in [0, 0.05) is 42.8 Å². The Morgan fingerprint density at radius 1 is 1.10 bits per heavy atom. The highest BCUT2D eigenvalue weighted by molar-refractivity contribution is 7.80. The third-order valence-corrected chi connectivity index (χ3v) is 5.47. The fourth-order valence-electron chi connectivity index (χ4n) is 3.73. The number of rotatable bonds is 3. The predicted molar refractivity (Wildman–Crippen MR) is 114 cm³/mol. The SMILES string of the molecule is O=[N+]([O-])c1cccc(C2c3cccn3CCN2C(=S)Nc2cccc(C(F)(F)F)c2)c1. The number of fused-ring (bicyclic) bond motifs is 1. The van der Waals surface area contributed by atoms with E-state index in [0.29, 0.717) is 18.7 Å². The molecule has 4 rings (SSSR count). The third kappa shape index (κ3) is 4.24. The highest BCUT2D eigenvalue weighted by Gasteiger charge is 2.33. The van der Waals surface area contributed by atoms with Crippen molar-refractivity contribution in [1.29, 1.82) is 0 Å². The van der Waals surface area contributed by atoms with Crippen molar-refractivity contribution in [2.24, 2.45) is 0 Å². The molecule has 0 fully saturated rings. The molecule has 0 saturated carbocycles. The van der Waals surface area contributed by atoms with Gasteiger partial charge >= 0.3 is 6.18 Å². The molecule has 0 radical (unpaired) electrons. The van der Waals surface area contributed by atoms with Gasteiger partial charge in [0.25, 0.3) is 5.69 Å². The van der Waals surface area contributed by atoms with Crippen LogP contribution in [0.1, 0.15) is 22.9 Å².